The van der Waals surface area contributed by atoms with Crippen LogP contribution in [0.3, 0.4) is 0 Å². The molecule has 2 heterocycles. The van der Waals surface area contributed by atoms with Crippen LogP contribution in [0, 0.1) is 6.92 Å². The van der Waals surface area contributed by atoms with Gasteiger partial charge in [0.25, 0.3) is 5.56 Å². The molecule has 0 spiro atoms. The van der Waals surface area contributed by atoms with Gasteiger partial charge in [-0.2, -0.15) is 0 Å². The van der Waals surface area contributed by atoms with Gasteiger partial charge in [0.2, 0.25) is 5.95 Å². The van der Waals surface area contributed by atoms with Crippen molar-refractivity contribution in [3.05, 3.63) is 40.4 Å². The van der Waals surface area contributed by atoms with E-state index in [2.05, 4.69) is 15.3 Å². The fourth-order valence-corrected chi connectivity index (χ4v) is 1.73. The smallest absolute Gasteiger partial charge is 0.258 e. The number of hydrogen-bond donors (Lipinski definition) is 1. The first-order chi connectivity index (χ1) is 8.15. The molecule has 88 valence electrons. The normalized spacial score (nSPS) is 10.3. The fraction of sp³-hybridized carbons (Fsp3) is 0.250. The summed E-state index contributed by atoms with van der Waals surface area (Å²) >= 11 is 0. The zero-order chi connectivity index (χ0) is 12.4. The second kappa shape index (κ2) is 4.37. The van der Waals surface area contributed by atoms with E-state index in [-0.39, 0.29) is 5.56 Å². The van der Waals surface area contributed by atoms with E-state index in [1.54, 1.807) is 33.4 Å². The van der Waals surface area contributed by atoms with E-state index in [1.807, 2.05) is 12.1 Å². The standard InChI is InChI=1S/C12H14N4O/c1-8-10(9-4-6-14-7-5-9)15-12(13-2)16(3)11(8)17/h4-7H,1-3H3,(H,13,15). The first-order valence-corrected chi connectivity index (χ1v) is 5.31. The van der Waals surface area contributed by atoms with Crippen molar-refractivity contribution in [3.8, 4) is 11.3 Å². The van der Waals surface area contributed by atoms with E-state index in [4.69, 9.17) is 0 Å². The number of rotatable bonds is 2. The summed E-state index contributed by atoms with van der Waals surface area (Å²) in [5.41, 5.74) is 2.18. The molecule has 0 radical (unpaired) electrons. The van der Waals surface area contributed by atoms with Crippen LogP contribution in [0.2, 0.25) is 0 Å². The predicted molar refractivity (Wildman–Crippen MR) is 67.0 cm³/mol. The molecule has 2 aromatic heterocycles. The second-order valence-electron chi connectivity index (χ2n) is 3.76. The number of pyridine rings is 1. The van der Waals surface area contributed by atoms with Crippen molar-refractivity contribution in [3.63, 3.8) is 0 Å². The Balaban J connectivity index is 2.72. The summed E-state index contributed by atoms with van der Waals surface area (Å²) in [7, 11) is 3.44. The molecule has 1 N–H and O–H groups in total. The number of nitrogens with one attached hydrogen (secondary N) is 1. The lowest BCUT2D eigenvalue weighted by Gasteiger charge is -2.11. The molecular formula is C12H14N4O. The van der Waals surface area contributed by atoms with Crippen molar-refractivity contribution in [1.82, 2.24) is 14.5 Å². The lowest BCUT2D eigenvalue weighted by atomic mass is 10.1. The Bertz CT molecular complexity index is 589. The van der Waals surface area contributed by atoms with Gasteiger partial charge in [0.05, 0.1) is 5.69 Å². The van der Waals surface area contributed by atoms with Gasteiger partial charge in [0.1, 0.15) is 0 Å². The maximum absolute atomic E-state index is 12.0. The van der Waals surface area contributed by atoms with Crippen LogP contribution in [-0.4, -0.2) is 21.6 Å². The molecule has 0 aromatic carbocycles. The molecule has 0 aliphatic carbocycles. The van der Waals surface area contributed by atoms with Crippen LogP contribution in [-0.2, 0) is 7.05 Å². The van der Waals surface area contributed by atoms with Gasteiger partial charge in [-0.25, -0.2) is 4.98 Å². The summed E-state index contributed by atoms with van der Waals surface area (Å²) in [5, 5.41) is 2.91. The Labute approximate surface area is 99.2 Å². The SMILES string of the molecule is CNc1nc(-c2ccncc2)c(C)c(=O)n1C. The topological polar surface area (TPSA) is 59.8 Å². The van der Waals surface area contributed by atoms with Crippen molar-refractivity contribution in [1.29, 1.82) is 0 Å². The Morgan fingerprint density at radius 3 is 2.53 bits per heavy atom. The summed E-state index contributed by atoms with van der Waals surface area (Å²) < 4.78 is 1.50. The molecule has 0 fully saturated rings. The summed E-state index contributed by atoms with van der Waals surface area (Å²) in [6, 6.07) is 3.68. The number of hydrogen-bond acceptors (Lipinski definition) is 4. The number of anilines is 1. The largest absolute Gasteiger partial charge is 0.359 e. The molecule has 0 saturated carbocycles. The zero-order valence-electron chi connectivity index (χ0n) is 10.1. The first kappa shape index (κ1) is 11.3. The predicted octanol–water partition coefficient (Wildman–Crippen LogP) is 1.19. The summed E-state index contributed by atoms with van der Waals surface area (Å²) in [6.45, 7) is 1.78. The summed E-state index contributed by atoms with van der Waals surface area (Å²) in [5.74, 6) is 0.549. The molecule has 0 aliphatic rings. The molecule has 17 heavy (non-hydrogen) atoms. The van der Waals surface area contributed by atoms with Crippen molar-refractivity contribution >= 4 is 5.95 Å². The molecule has 0 aliphatic heterocycles. The first-order valence-electron chi connectivity index (χ1n) is 5.31. The monoisotopic (exact) mass is 230 g/mol. The number of aromatic nitrogens is 3. The Kier molecular flexibility index (Phi) is 2.91. The van der Waals surface area contributed by atoms with Gasteiger partial charge < -0.3 is 5.32 Å². The van der Waals surface area contributed by atoms with E-state index < -0.39 is 0 Å². The minimum Gasteiger partial charge on any atom is -0.359 e. The third-order valence-corrected chi connectivity index (χ3v) is 2.69. The Morgan fingerprint density at radius 1 is 1.29 bits per heavy atom. The second-order valence-corrected chi connectivity index (χ2v) is 3.76. The quantitative estimate of drug-likeness (QED) is 0.842. The Morgan fingerprint density at radius 2 is 1.94 bits per heavy atom. The van der Waals surface area contributed by atoms with Gasteiger partial charge in [0.15, 0.2) is 0 Å². The third-order valence-electron chi connectivity index (χ3n) is 2.69. The van der Waals surface area contributed by atoms with Gasteiger partial charge in [-0.05, 0) is 19.1 Å². The van der Waals surface area contributed by atoms with Gasteiger partial charge in [-0.1, -0.05) is 0 Å². The van der Waals surface area contributed by atoms with Crippen LogP contribution in [0.4, 0.5) is 5.95 Å². The Hall–Kier alpha value is -2.17. The highest BCUT2D eigenvalue weighted by Gasteiger charge is 2.11. The van der Waals surface area contributed by atoms with Crippen LogP contribution >= 0.6 is 0 Å². The molecule has 0 unspecified atom stereocenters. The lowest BCUT2D eigenvalue weighted by Crippen LogP contribution is -2.24. The molecule has 2 aromatic rings. The number of nitrogens with zero attached hydrogens (tertiary/aromatic N) is 3. The molecule has 2 rings (SSSR count). The highest BCUT2D eigenvalue weighted by atomic mass is 16.1. The van der Waals surface area contributed by atoms with Crippen LogP contribution in [0.5, 0.6) is 0 Å². The van der Waals surface area contributed by atoms with Crippen molar-refractivity contribution in [2.45, 2.75) is 6.92 Å². The van der Waals surface area contributed by atoms with Crippen molar-refractivity contribution in [2.75, 3.05) is 12.4 Å². The summed E-state index contributed by atoms with van der Waals surface area (Å²) in [4.78, 5) is 20.4. The van der Waals surface area contributed by atoms with Crippen molar-refractivity contribution < 1.29 is 0 Å². The average molecular weight is 230 g/mol. The van der Waals surface area contributed by atoms with E-state index in [1.165, 1.54) is 4.57 Å². The molecular weight excluding hydrogens is 216 g/mol. The minimum absolute atomic E-state index is 0.0452. The molecule has 0 saturated heterocycles. The van der Waals surface area contributed by atoms with E-state index in [0.29, 0.717) is 17.2 Å². The maximum atomic E-state index is 12.0. The molecule has 0 amide bonds. The van der Waals surface area contributed by atoms with E-state index in [9.17, 15) is 4.79 Å². The highest BCUT2D eigenvalue weighted by Crippen LogP contribution is 2.19. The zero-order valence-corrected chi connectivity index (χ0v) is 10.1. The molecule has 0 atom stereocenters. The van der Waals surface area contributed by atoms with Gasteiger partial charge in [-0.15, -0.1) is 0 Å². The van der Waals surface area contributed by atoms with Gasteiger partial charge >= 0.3 is 0 Å². The van der Waals surface area contributed by atoms with Crippen LogP contribution in [0.1, 0.15) is 5.56 Å². The van der Waals surface area contributed by atoms with Gasteiger partial charge in [-0.3, -0.25) is 14.3 Å². The molecule has 0 bridgehead atoms. The average Bonchev–Trinajstić information content (AvgIpc) is 2.37. The minimum atomic E-state index is -0.0452. The maximum Gasteiger partial charge on any atom is 0.258 e. The highest BCUT2D eigenvalue weighted by molar-refractivity contribution is 5.63. The van der Waals surface area contributed by atoms with Crippen molar-refractivity contribution in [2.24, 2.45) is 7.05 Å². The van der Waals surface area contributed by atoms with E-state index in [0.717, 1.165) is 5.56 Å². The summed E-state index contributed by atoms with van der Waals surface area (Å²) in [6.07, 6.45) is 3.37. The fourth-order valence-electron chi connectivity index (χ4n) is 1.73. The van der Waals surface area contributed by atoms with Gasteiger partial charge in [0, 0.05) is 37.6 Å². The molecule has 5 heteroatoms. The van der Waals surface area contributed by atoms with E-state index >= 15 is 0 Å². The third kappa shape index (κ3) is 1.91. The van der Waals surface area contributed by atoms with Crippen LogP contribution < -0.4 is 10.9 Å². The molecule has 5 nitrogen and oxygen atoms in total. The van der Waals surface area contributed by atoms with Crippen LogP contribution in [0.25, 0.3) is 11.3 Å². The van der Waals surface area contributed by atoms with Crippen LogP contribution in [0.15, 0.2) is 29.3 Å². The lowest BCUT2D eigenvalue weighted by molar-refractivity contribution is 0.824.